The Hall–Kier alpha value is -1.06. The number of hydrogen-bond acceptors (Lipinski definition) is 3. The third-order valence-corrected chi connectivity index (χ3v) is 3.24. The Morgan fingerprint density at radius 2 is 1.85 bits per heavy atom. The molecule has 3 heteroatoms. The van der Waals surface area contributed by atoms with Crippen LogP contribution in [0.5, 0.6) is 5.75 Å². The van der Waals surface area contributed by atoms with Crippen LogP contribution >= 0.6 is 0 Å². The summed E-state index contributed by atoms with van der Waals surface area (Å²) in [5, 5.41) is 3.48. The van der Waals surface area contributed by atoms with Crippen LogP contribution in [0.15, 0.2) is 24.3 Å². The lowest BCUT2D eigenvalue weighted by Crippen LogP contribution is -2.34. The highest BCUT2D eigenvalue weighted by molar-refractivity contribution is 5.27. The highest BCUT2D eigenvalue weighted by Gasteiger charge is 2.14. The quantitative estimate of drug-likeness (QED) is 0.750. The first-order chi connectivity index (χ1) is 9.52. The molecular weight excluding hydrogens is 250 g/mol. The second kappa shape index (κ2) is 8.98. The fourth-order valence-electron chi connectivity index (χ4n) is 1.97. The van der Waals surface area contributed by atoms with E-state index in [2.05, 4.69) is 39.1 Å². The van der Waals surface area contributed by atoms with Crippen LogP contribution in [0.4, 0.5) is 0 Å². The van der Waals surface area contributed by atoms with Crippen LogP contribution in [0.2, 0.25) is 0 Å². The highest BCUT2D eigenvalue weighted by Crippen LogP contribution is 2.15. The SMILES string of the molecule is COc1cccc(COC(CNCC(C)C)C(C)C)c1. The van der Waals surface area contributed by atoms with Gasteiger partial charge in [0.15, 0.2) is 0 Å². The van der Waals surface area contributed by atoms with Gasteiger partial charge in [-0.1, -0.05) is 39.8 Å². The molecule has 0 aliphatic heterocycles. The predicted octanol–water partition coefficient (Wildman–Crippen LogP) is 3.48. The molecule has 0 aromatic heterocycles. The van der Waals surface area contributed by atoms with Gasteiger partial charge in [0.1, 0.15) is 5.75 Å². The van der Waals surface area contributed by atoms with Gasteiger partial charge < -0.3 is 14.8 Å². The average molecular weight is 279 g/mol. The molecule has 0 fully saturated rings. The Morgan fingerprint density at radius 3 is 2.45 bits per heavy atom. The minimum Gasteiger partial charge on any atom is -0.497 e. The summed E-state index contributed by atoms with van der Waals surface area (Å²) in [7, 11) is 1.69. The number of ether oxygens (including phenoxy) is 2. The maximum Gasteiger partial charge on any atom is 0.119 e. The molecule has 0 aliphatic carbocycles. The standard InChI is InChI=1S/C17H29NO2/c1-13(2)10-18-11-17(14(3)4)20-12-15-7-6-8-16(9-15)19-5/h6-9,13-14,17-18H,10-12H2,1-5H3. The Bertz CT molecular complexity index is 377. The lowest BCUT2D eigenvalue weighted by Gasteiger charge is -2.23. The van der Waals surface area contributed by atoms with Crippen molar-refractivity contribution in [3.63, 3.8) is 0 Å². The van der Waals surface area contributed by atoms with E-state index < -0.39 is 0 Å². The lowest BCUT2D eigenvalue weighted by molar-refractivity contribution is 0.0110. The first-order valence-corrected chi connectivity index (χ1v) is 7.48. The van der Waals surface area contributed by atoms with Gasteiger partial charge >= 0.3 is 0 Å². The van der Waals surface area contributed by atoms with E-state index in [0.717, 1.165) is 24.4 Å². The molecule has 0 aliphatic rings. The van der Waals surface area contributed by atoms with E-state index in [4.69, 9.17) is 9.47 Å². The van der Waals surface area contributed by atoms with Gasteiger partial charge in [0, 0.05) is 6.54 Å². The molecule has 114 valence electrons. The van der Waals surface area contributed by atoms with Crippen LogP contribution in [-0.4, -0.2) is 26.3 Å². The van der Waals surface area contributed by atoms with E-state index in [0.29, 0.717) is 18.4 Å². The number of benzene rings is 1. The normalized spacial score (nSPS) is 12.9. The maximum atomic E-state index is 6.05. The first kappa shape index (κ1) is 17.0. The largest absolute Gasteiger partial charge is 0.497 e. The van der Waals surface area contributed by atoms with Gasteiger partial charge in [0.05, 0.1) is 19.8 Å². The Morgan fingerprint density at radius 1 is 1.10 bits per heavy atom. The highest BCUT2D eigenvalue weighted by atomic mass is 16.5. The van der Waals surface area contributed by atoms with Crippen molar-refractivity contribution in [2.24, 2.45) is 11.8 Å². The van der Waals surface area contributed by atoms with E-state index in [-0.39, 0.29) is 6.10 Å². The third-order valence-electron chi connectivity index (χ3n) is 3.24. The number of rotatable bonds is 9. The van der Waals surface area contributed by atoms with E-state index in [1.807, 2.05) is 18.2 Å². The van der Waals surface area contributed by atoms with Gasteiger partial charge in [-0.3, -0.25) is 0 Å². The van der Waals surface area contributed by atoms with Crippen molar-refractivity contribution in [3.05, 3.63) is 29.8 Å². The van der Waals surface area contributed by atoms with Gasteiger partial charge in [-0.15, -0.1) is 0 Å². The molecule has 1 aromatic rings. The van der Waals surface area contributed by atoms with Crippen LogP contribution in [0.25, 0.3) is 0 Å². The van der Waals surface area contributed by atoms with Crippen LogP contribution < -0.4 is 10.1 Å². The summed E-state index contributed by atoms with van der Waals surface area (Å²) in [4.78, 5) is 0. The van der Waals surface area contributed by atoms with Crippen LogP contribution in [0, 0.1) is 11.8 Å². The molecule has 1 unspecified atom stereocenters. The van der Waals surface area contributed by atoms with Crippen LogP contribution in [-0.2, 0) is 11.3 Å². The molecule has 0 saturated carbocycles. The fraction of sp³-hybridized carbons (Fsp3) is 0.647. The summed E-state index contributed by atoms with van der Waals surface area (Å²) < 4.78 is 11.3. The zero-order valence-electron chi connectivity index (χ0n) is 13.5. The van der Waals surface area contributed by atoms with Crippen LogP contribution in [0.1, 0.15) is 33.3 Å². The second-order valence-corrected chi connectivity index (χ2v) is 6.00. The summed E-state index contributed by atoms with van der Waals surface area (Å²) in [6.07, 6.45) is 0.236. The predicted molar refractivity (Wildman–Crippen MR) is 84.1 cm³/mol. The molecule has 0 spiro atoms. The Kier molecular flexibility index (Phi) is 7.63. The van der Waals surface area contributed by atoms with Gasteiger partial charge in [0.25, 0.3) is 0 Å². The fourth-order valence-corrected chi connectivity index (χ4v) is 1.97. The molecule has 1 aromatic carbocycles. The van der Waals surface area contributed by atoms with Crippen molar-refractivity contribution in [1.82, 2.24) is 5.32 Å². The van der Waals surface area contributed by atoms with Crippen molar-refractivity contribution < 1.29 is 9.47 Å². The van der Waals surface area contributed by atoms with Crippen molar-refractivity contribution in [3.8, 4) is 5.75 Å². The minimum atomic E-state index is 0.236. The molecular formula is C17H29NO2. The van der Waals surface area contributed by atoms with E-state index in [9.17, 15) is 0 Å². The first-order valence-electron chi connectivity index (χ1n) is 7.48. The number of methoxy groups -OCH3 is 1. The minimum absolute atomic E-state index is 0.236. The summed E-state index contributed by atoms with van der Waals surface area (Å²) >= 11 is 0. The van der Waals surface area contributed by atoms with Crippen molar-refractivity contribution in [2.75, 3.05) is 20.2 Å². The monoisotopic (exact) mass is 279 g/mol. The zero-order valence-corrected chi connectivity index (χ0v) is 13.5. The molecule has 0 radical (unpaired) electrons. The molecule has 20 heavy (non-hydrogen) atoms. The molecule has 3 nitrogen and oxygen atoms in total. The van der Waals surface area contributed by atoms with Crippen molar-refractivity contribution in [1.29, 1.82) is 0 Å². The van der Waals surface area contributed by atoms with Gasteiger partial charge in [-0.2, -0.15) is 0 Å². The summed E-state index contributed by atoms with van der Waals surface area (Å²) in [5.74, 6) is 2.05. The third kappa shape index (κ3) is 6.40. The summed E-state index contributed by atoms with van der Waals surface area (Å²) in [6.45, 7) is 11.4. The smallest absolute Gasteiger partial charge is 0.119 e. The van der Waals surface area contributed by atoms with Gasteiger partial charge in [0.2, 0.25) is 0 Å². The molecule has 0 saturated heterocycles. The second-order valence-electron chi connectivity index (χ2n) is 6.00. The number of nitrogens with one attached hydrogen (secondary N) is 1. The van der Waals surface area contributed by atoms with Crippen LogP contribution in [0.3, 0.4) is 0 Å². The topological polar surface area (TPSA) is 30.5 Å². The molecule has 1 atom stereocenters. The average Bonchev–Trinajstić information content (AvgIpc) is 2.42. The molecule has 1 rings (SSSR count). The molecule has 0 bridgehead atoms. The van der Waals surface area contributed by atoms with Crippen molar-refractivity contribution >= 4 is 0 Å². The Labute approximate surface area is 123 Å². The molecule has 0 amide bonds. The van der Waals surface area contributed by atoms with E-state index >= 15 is 0 Å². The van der Waals surface area contributed by atoms with Gasteiger partial charge in [-0.25, -0.2) is 0 Å². The molecule has 1 N–H and O–H groups in total. The lowest BCUT2D eigenvalue weighted by atomic mass is 10.1. The van der Waals surface area contributed by atoms with Crippen molar-refractivity contribution in [2.45, 2.75) is 40.4 Å². The van der Waals surface area contributed by atoms with E-state index in [1.165, 1.54) is 0 Å². The zero-order chi connectivity index (χ0) is 15.0. The molecule has 0 heterocycles. The van der Waals surface area contributed by atoms with Gasteiger partial charge in [-0.05, 0) is 36.1 Å². The number of hydrogen-bond donors (Lipinski definition) is 1. The summed E-state index contributed by atoms with van der Waals surface area (Å²) in [6, 6.07) is 8.05. The maximum absolute atomic E-state index is 6.05. The summed E-state index contributed by atoms with van der Waals surface area (Å²) in [5.41, 5.74) is 1.15. The Balaban J connectivity index is 2.45. The van der Waals surface area contributed by atoms with E-state index in [1.54, 1.807) is 7.11 Å².